The maximum atomic E-state index is 14.1. The SMILES string of the molecule is CC(C)(C)OC(=O)N[C@@H](Cc1cc(F)cc(F)c1)C(=O)N(CCOCc1ccccc1)c1ccc2scnc2c1. The van der Waals surface area contributed by atoms with Crippen LogP contribution in [0.3, 0.4) is 0 Å². The number of nitrogens with one attached hydrogen (secondary N) is 1. The molecule has 10 heteroatoms. The first-order valence-corrected chi connectivity index (χ1v) is 13.7. The molecule has 0 aliphatic rings. The monoisotopic (exact) mass is 567 g/mol. The molecule has 40 heavy (non-hydrogen) atoms. The maximum absolute atomic E-state index is 14.1. The molecule has 4 aromatic rings. The minimum atomic E-state index is -1.18. The Morgan fingerprint density at radius 1 is 1.00 bits per heavy atom. The van der Waals surface area contributed by atoms with Crippen LogP contribution in [0, 0.1) is 11.6 Å². The first-order chi connectivity index (χ1) is 19.1. The van der Waals surface area contributed by atoms with Crippen LogP contribution in [0.5, 0.6) is 0 Å². The molecule has 4 rings (SSSR count). The minimum absolute atomic E-state index is 0.158. The Morgan fingerprint density at radius 2 is 1.73 bits per heavy atom. The fraction of sp³-hybridized carbons (Fsp3) is 0.300. The van der Waals surface area contributed by atoms with Gasteiger partial charge in [0.05, 0.1) is 28.9 Å². The van der Waals surface area contributed by atoms with E-state index >= 15 is 0 Å². The van der Waals surface area contributed by atoms with E-state index in [2.05, 4.69) is 10.3 Å². The lowest BCUT2D eigenvalue weighted by Crippen LogP contribution is -2.51. The van der Waals surface area contributed by atoms with Crippen molar-refractivity contribution in [1.82, 2.24) is 10.3 Å². The van der Waals surface area contributed by atoms with Gasteiger partial charge in [-0.05, 0) is 62.2 Å². The fourth-order valence-corrected chi connectivity index (χ4v) is 4.76. The van der Waals surface area contributed by atoms with Gasteiger partial charge in [-0.25, -0.2) is 18.6 Å². The summed E-state index contributed by atoms with van der Waals surface area (Å²) in [6, 6.07) is 16.9. The van der Waals surface area contributed by atoms with E-state index in [0.29, 0.717) is 17.8 Å². The molecule has 0 aliphatic carbocycles. The Labute approximate surface area is 235 Å². The zero-order valence-corrected chi connectivity index (χ0v) is 23.3. The number of thiazole rings is 1. The number of carbonyl (C=O) groups is 2. The maximum Gasteiger partial charge on any atom is 0.408 e. The third-order valence-corrected chi connectivity index (χ3v) is 6.62. The lowest BCUT2D eigenvalue weighted by Gasteiger charge is -2.29. The molecule has 0 spiro atoms. The number of anilines is 1. The van der Waals surface area contributed by atoms with Gasteiger partial charge >= 0.3 is 6.09 Å². The van der Waals surface area contributed by atoms with Crippen molar-refractivity contribution in [3.63, 3.8) is 0 Å². The quantitative estimate of drug-likeness (QED) is 0.229. The topological polar surface area (TPSA) is 80.8 Å². The highest BCUT2D eigenvalue weighted by atomic mass is 32.1. The van der Waals surface area contributed by atoms with E-state index in [1.807, 2.05) is 36.4 Å². The van der Waals surface area contributed by atoms with Crippen LogP contribution >= 0.6 is 11.3 Å². The van der Waals surface area contributed by atoms with Gasteiger partial charge in [-0.3, -0.25) is 4.79 Å². The molecule has 0 saturated carbocycles. The molecule has 0 saturated heterocycles. The van der Waals surface area contributed by atoms with Crippen LogP contribution in [0.15, 0.2) is 72.2 Å². The molecule has 2 amide bonds. The van der Waals surface area contributed by atoms with E-state index in [-0.39, 0.29) is 25.1 Å². The number of hydrogen-bond donors (Lipinski definition) is 1. The van der Waals surface area contributed by atoms with Crippen LogP contribution < -0.4 is 10.2 Å². The summed E-state index contributed by atoms with van der Waals surface area (Å²) in [7, 11) is 0. The van der Waals surface area contributed by atoms with Crippen molar-refractivity contribution in [2.45, 2.75) is 45.4 Å². The zero-order valence-electron chi connectivity index (χ0n) is 22.5. The normalized spacial score (nSPS) is 12.2. The molecule has 1 N–H and O–H groups in total. The van der Waals surface area contributed by atoms with Crippen LogP contribution in [-0.4, -0.2) is 41.8 Å². The summed E-state index contributed by atoms with van der Waals surface area (Å²) in [6.45, 7) is 5.81. The largest absolute Gasteiger partial charge is 0.444 e. The summed E-state index contributed by atoms with van der Waals surface area (Å²) in [5.41, 5.74) is 3.37. The minimum Gasteiger partial charge on any atom is -0.444 e. The predicted molar refractivity (Wildman–Crippen MR) is 151 cm³/mol. The van der Waals surface area contributed by atoms with Crippen molar-refractivity contribution in [2.24, 2.45) is 0 Å². The molecule has 0 aliphatic heterocycles. The summed E-state index contributed by atoms with van der Waals surface area (Å²) in [6.07, 6.45) is -0.981. The second kappa shape index (κ2) is 13.0. The molecule has 1 atom stereocenters. The molecule has 7 nitrogen and oxygen atoms in total. The molecule has 0 radical (unpaired) electrons. The van der Waals surface area contributed by atoms with Gasteiger partial charge in [-0.1, -0.05) is 30.3 Å². The van der Waals surface area contributed by atoms with E-state index in [0.717, 1.165) is 28.5 Å². The summed E-state index contributed by atoms with van der Waals surface area (Å²) in [4.78, 5) is 32.6. The van der Waals surface area contributed by atoms with E-state index in [4.69, 9.17) is 9.47 Å². The number of aromatic nitrogens is 1. The number of halogens is 2. The van der Waals surface area contributed by atoms with Crippen molar-refractivity contribution in [3.05, 3.63) is 95.0 Å². The first-order valence-electron chi connectivity index (χ1n) is 12.8. The van der Waals surface area contributed by atoms with Crippen molar-refractivity contribution in [3.8, 4) is 0 Å². The number of alkyl carbamates (subject to hydrolysis) is 1. The van der Waals surface area contributed by atoms with Crippen LogP contribution in [0.1, 0.15) is 31.9 Å². The molecule has 210 valence electrons. The second-order valence-corrected chi connectivity index (χ2v) is 11.1. The molecule has 3 aromatic carbocycles. The van der Waals surface area contributed by atoms with Gasteiger partial charge in [-0.15, -0.1) is 11.3 Å². The smallest absolute Gasteiger partial charge is 0.408 e. The van der Waals surface area contributed by atoms with E-state index in [1.165, 1.54) is 16.2 Å². The number of benzene rings is 3. The Bertz CT molecular complexity index is 1440. The van der Waals surface area contributed by atoms with E-state index in [1.54, 1.807) is 38.4 Å². The van der Waals surface area contributed by atoms with Crippen LogP contribution in [0.2, 0.25) is 0 Å². The van der Waals surface area contributed by atoms with Gasteiger partial charge in [0.15, 0.2) is 0 Å². The van der Waals surface area contributed by atoms with Gasteiger partial charge < -0.3 is 19.7 Å². The number of amides is 2. The predicted octanol–water partition coefficient (Wildman–Crippen LogP) is 6.26. The molecular weight excluding hydrogens is 536 g/mol. The number of rotatable bonds is 10. The van der Waals surface area contributed by atoms with Crippen molar-refractivity contribution < 1.29 is 27.8 Å². The van der Waals surface area contributed by atoms with Gasteiger partial charge in [0.25, 0.3) is 0 Å². The highest BCUT2D eigenvalue weighted by Crippen LogP contribution is 2.25. The molecule has 0 unspecified atom stereocenters. The zero-order chi connectivity index (χ0) is 28.7. The summed E-state index contributed by atoms with van der Waals surface area (Å²) in [5, 5.41) is 2.61. The first kappa shape index (κ1) is 29.1. The van der Waals surface area contributed by atoms with Gasteiger partial charge in [0.1, 0.15) is 23.3 Å². The van der Waals surface area contributed by atoms with Gasteiger partial charge in [0.2, 0.25) is 5.91 Å². The lowest BCUT2D eigenvalue weighted by atomic mass is 10.0. The molecule has 1 heterocycles. The summed E-state index contributed by atoms with van der Waals surface area (Å²) < 4.78 is 40.2. The second-order valence-electron chi connectivity index (χ2n) is 10.2. The third-order valence-electron chi connectivity index (χ3n) is 5.81. The number of ether oxygens (including phenoxy) is 2. The van der Waals surface area contributed by atoms with Crippen molar-refractivity contribution in [1.29, 1.82) is 0 Å². The standard InChI is InChI=1S/C30H31F2N3O4S/c1-30(2,3)39-29(37)34-26(15-21-13-22(31)16-23(32)14-21)28(36)35(11-12-38-18-20-7-5-4-6-8-20)24-9-10-27-25(17-24)33-19-40-27/h4-10,13-14,16-17,19,26H,11-12,15,18H2,1-3H3,(H,34,37)/t26-/m0/s1. The van der Waals surface area contributed by atoms with E-state index in [9.17, 15) is 18.4 Å². The van der Waals surface area contributed by atoms with Crippen LogP contribution in [0.4, 0.5) is 19.3 Å². The number of carbonyl (C=O) groups excluding carboxylic acids is 2. The van der Waals surface area contributed by atoms with Crippen LogP contribution in [0.25, 0.3) is 10.2 Å². The lowest BCUT2D eigenvalue weighted by molar-refractivity contribution is -0.120. The van der Waals surface area contributed by atoms with Gasteiger partial charge in [-0.2, -0.15) is 0 Å². The van der Waals surface area contributed by atoms with Crippen LogP contribution in [-0.2, 0) is 27.3 Å². The highest BCUT2D eigenvalue weighted by molar-refractivity contribution is 7.16. The molecule has 0 bridgehead atoms. The van der Waals surface area contributed by atoms with Crippen molar-refractivity contribution >= 4 is 39.2 Å². The highest BCUT2D eigenvalue weighted by Gasteiger charge is 2.30. The van der Waals surface area contributed by atoms with Crippen molar-refractivity contribution in [2.75, 3.05) is 18.1 Å². The third kappa shape index (κ3) is 8.30. The Morgan fingerprint density at radius 3 is 2.42 bits per heavy atom. The summed E-state index contributed by atoms with van der Waals surface area (Å²) in [5.74, 6) is -2.05. The number of fused-ring (bicyclic) bond motifs is 1. The average Bonchev–Trinajstić information content (AvgIpc) is 3.35. The fourth-order valence-electron chi connectivity index (χ4n) is 4.10. The van der Waals surface area contributed by atoms with Gasteiger partial charge in [0, 0.05) is 24.7 Å². The Kier molecular flexibility index (Phi) is 9.44. The number of nitrogens with zero attached hydrogens (tertiary/aromatic N) is 2. The molecule has 0 fully saturated rings. The van der Waals surface area contributed by atoms with E-state index < -0.39 is 35.3 Å². The molecule has 1 aromatic heterocycles. The average molecular weight is 568 g/mol. The Hall–Kier alpha value is -3.89. The molecular formula is C30H31F2N3O4S. The number of hydrogen-bond acceptors (Lipinski definition) is 6. The Balaban J connectivity index is 1.61. The summed E-state index contributed by atoms with van der Waals surface area (Å²) >= 11 is 1.48.